The molecule has 0 saturated carbocycles. The molecule has 1 heterocycles. The van der Waals surface area contributed by atoms with Gasteiger partial charge in [0.1, 0.15) is 0 Å². The van der Waals surface area contributed by atoms with Gasteiger partial charge in [-0.3, -0.25) is 4.79 Å². The Labute approximate surface area is 106 Å². The van der Waals surface area contributed by atoms with Gasteiger partial charge >= 0.3 is 0 Å². The molecular weight excluding hydrogens is 228 g/mol. The van der Waals surface area contributed by atoms with Gasteiger partial charge in [-0.15, -0.1) is 0 Å². The smallest absolute Gasteiger partial charge is 0.251 e. The van der Waals surface area contributed by atoms with E-state index in [-0.39, 0.29) is 24.5 Å². The molecule has 0 aliphatic rings. The molecule has 0 bridgehead atoms. The number of amides is 1. The first-order valence-corrected chi connectivity index (χ1v) is 6.10. The lowest BCUT2D eigenvalue weighted by molar-refractivity contribution is 0.0916. The third-order valence-electron chi connectivity index (χ3n) is 3.32. The minimum atomic E-state index is -0.106. The number of nitrogens with one attached hydrogen (secondary N) is 2. The topological polar surface area (TPSA) is 65.1 Å². The van der Waals surface area contributed by atoms with Crippen molar-refractivity contribution in [2.45, 2.75) is 19.9 Å². The molecular formula is C14H18N2O2. The highest BCUT2D eigenvalue weighted by molar-refractivity contribution is 5.98. The summed E-state index contributed by atoms with van der Waals surface area (Å²) in [5.74, 6) is -0.0594. The number of H-pyrrole nitrogens is 1. The second-order valence-corrected chi connectivity index (χ2v) is 4.70. The van der Waals surface area contributed by atoms with E-state index < -0.39 is 0 Å². The van der Waals surface area contributed by atoms with Gasteiger partial charge in [-0.2, -0.15) is 0 Å². The maximum atomic E-state index is 12.0. The van der Waals surface area contributed by atoms with Crippen LogP contribution in [0, 0.1) is 5.92 Å². The summed E-state index contributed by atoms with van der Waals surface area (Å²) >= 11 is 0. The average molecular weight is 246 g/mol. The van der Waals surface area contributed by atoms with Gasteiger partial charge in [-0.05, 0) is 37.1 Å². The highest BCUT2D eigenvalue weighted by Crippen LogP contribution is 2.14. The fourth-order valence-electron chi connectivity index (χ4n) is 1.79. The fourth-order valence-corrected chi connectivity index (χ4v) is 1.79. The lowest BCUT2D eigenvalue weighted by Crippen LogP contribution is -2.38. The van der Waals surface area contributed by atoms with Crippen molar-refractivity contribution < 1.29 is 9.90 Å². The number of aliphatic hydroxyl groups excluding tert-OH is 1. The molecule has 1 aromatic carbocycles. The number of hydrogen-bond donors (Lipinski definition) is 3. The van der Waals surface area contributed by atoms with E-state index >= 15 is 0 Å². The average Bonchev–Trinajstić information content (AvgIpc) is 2.84. The second kappa shape index (κ2) is 5.23. The van der Waals surface area contributed by atoms with Gasteiger partial charge in [0.15, 0.2) is 0 Å². The highest BCUT2D eigenvalue weighted by Gasteiger charge is 2.15. The first-order valence-electron chi connectivity index (χ1n) is 6.10. The number of aromatic nitrogens is 1. The summed E-state index contributed by atoms with van der Waals surface area (Å²) in [5.41, 5.74) is 1.66. The Morgan fingerprint density at radius 1 is 1.39 bits per heavy atom. The highest BCUT2D eigenvalue weighted by atomic mass is 16.3. The van der Waals surface area contributed by atoms with Gasteiger partial charge in [0, 0.05) is 35.3 Å². The maximum absolute atomic E-state index is 12.0. The van der Waals surface area contributed by atoms with Crippen molar-refractivity contribution in [3.05, 3.63) is 36.0 Å². The van der Waals surface area contributed by atoms with Crippen LogP contribution in [0.1, 0.15) is 24.2 Å². The van der Waals surface area contributed by atoms with Crippen molar-refractivity contribution in [2.24, 2.45) is 5.92 Å². The predicted molar refractivity (Wildman–Crippen MR) is 71.5 cm³/mol. The number of rotatable bonds is 4. The van der Waals surface area contributed by atoms with E-state index in [9.17, 15) is 4.79 Å². The molecule has 2 atom stereocenters. The van der Waals surface area contributed by atoms with Crippen LogP contribution in [-0.4, -0.2) is 28.6 Å². The van der Waals surface area contributed by atoms with Crippen molar-refractivity contribution in [1.29, 1.82) is 0 Å². The molecule has 2 unspecified atom stereocenters. The summed E-state index contributed by atoms with van der Waals surface area (Å²) in [7, 11) is 0. The number of carbonyl (C=O) groups is 1. The van der Waals surface area contributed by atoms with Crippen LogP contribution in [-0.2, 0) is 0 Å². The third kappa shape index (κ3) is 2.54. The normalized spacial score (nSPS) is 14.4. The van der Waals surface area contributed by atoms with Gasteiger partial charge < -0.3 is 15.4 Å². The largest absolute Gasteiger partial charge is 0.396 e. The summed E-state index contributed by atoms with van der Waals surface area (Å²) in [6.07, 6.45) is 1.85. The monoisotopic (exact) mass is 246 g/mol. The van der Waals surface area contributed by atoms with Gasteiger partial charge in [-0.25, -0.2) is 0 Å². The first kappa shape index (κ1) is 12.6. The van der Waals surface area contributed by atoms with Crippen molar-refractivity contribution in [1.82, 2.24) is 10.3 Å². The van der Waals surface area contributed by atoms with Crippen LogP contribution in [0.5, 0.6) is 0 Å². The second-order valence-electron chi connectivity index (χ2n) is 4.70. The molecule has 1 amide bonds. The van der Waals surface area contributed by atoms with E-state index in [0.29, 0.717) is 5.56 Å². The molecule has 3 N–H and O–H groups in total. The zero-order valence-corrected chi connectivity index (χ0v) is 10.6. The molecule has 0 aliphatic heterocycles. The van der Waals surface area contributed by atoms with Gasteiger partial charge in [0.25, 0.3) is 5.91 Å². The van der Waals surface area contributed by atoms with Crippen LogP contribution < -0.4 is 5.32 Å². The standard InChI is InChI=1S/C14H18N2O2/c1-9(8-17)10(2)16-14(18)12-3-4-13-11(7-12)5-6-15-13/h3-7,9-10,15,17H,8H2,1-2H3,(H,16,18). The van der Waals surface area contributed by atoms with Gasteiger partial charge in [0.05, 0.1) is 0 Å². The zero-order valence-electron chi connectivity index (χ0n) is 10.6. The van der Waals surface area contributed by atoms with Crippen molar-refractivity contribution in [3.63, 3.8) is 0 Å². The number of fused-ring (bicyclic) bond motifs is 1. The molecule has 96 valence electrons. The van der Waals surface area contributed by atoms with E-state index in [2.05, 4.69) is 10.3 Å². The number of aliphatic hydroxyl groups is 1. The minimum Gasteiger partial charge on any atom is -0.396 e. The number of carbonyl (C=O) groups excluding carboxylic acids is 1. The van der Waals surface area contributed by atoms with E-state index in [1.807, 2.05) is 38.2 Å². The summed E-state index contributed by atoms with van der Waals surface area (Å²) in [6, 6.07) is 7.43. The molecule has 0 saturated heterocycles. The lowest BCUT2D eigenvalue weighted by atomic mass is 10.0. The quantitative estimate of drug-likeness (QED) is 0.771. The van der Waals surface area contributed by atoms with Crippen LogP contribution in [0.2, 0.25) is 0 Å². The first-order chi connectivity index (χ1) is 8.61. The SMILES string of the molecule is CC(CO)C(C)NC(=O)c1ccc2[nH]ccc2c1. The predicted octanol–water partition coefficient (Wildman–Crippen LogP) is 1.91. The Bertz CT molecular complexity index is 547. The van der Waals surface area contributed by atoms with Crippen LogP contribution in [0.4, 0.5) is 0 Å². The van der Waals surface area contributed by atoms with E-state index in [1.165, 1.54) is 0 Å². The van der Waals surface area contributed by atoms with Crippen molar-refractivity contribution in [2.75, 3.05) is 6.61 Å². The maximum Gasteiger partial charge on any atom is 0.251 e. The van der Waals surface area contributed by atoms with Crippen molar-refractivity contribution >= 4 is 16.8 Å². The number of benzene rings is 1. The van der Waals surface area contributed by atoms with Crippen LogP contribution in [0.25, 0.3) is 10.9 Å². The Morgan fingerprint density at radius 2 is 2.17 bits per heavy atom. The summed E-state index contributed by atoms with van der Waals surface area (Å²) in [6.45, 7) is 3.87. The fraction of sp³-hybridized carbons (Fsp3) is 0.357. The minimum absolute atomic E-state index is 0.0462. The Kier molecular flexibility index (Phi) is 3.67. The lowest BCUT2D eigenvalue weighted by Gasteiger charge is -2.19. The molecule has 18 heavy (non-hydrogen) atoms. The molecule has 2 rings (SSSR count). The van der Waals surface area contributed by atoms with E-state index in [1.54, 1.807) is 6.07 Å². The molecule has 0 spiro atoms. The molecule has 2 aromatic rings. The zero-order chi connectivity index (χ0) is 13.1. The third-order valence-corrected chi connectivity index (χ3v) is 3.32. The number of aromatic amines is 1. The molecule has 0 aliphatic carbocycles. The van der Waals surface area contributed by atoms with Gasteiger partial charge in [-0.1, -0.05) is 6.92 Å². The van der Waals surface area contributed by atoms with Crippen LogP contribution >= 0.6 is 0 Å². The summed E-state index contributed by atoms with van der Waals surface area (Å²) in [5, 5.41) is 13.0. The van der Waals surface area contributed by atoms with E-state index in [0.717, 1.165) is 10.9 Å². The molecule has 0 radical (unpaired) electrons. The molecule has 1 aromatic heterocycles. The Hall–Kier alpha value is -1.81. The molecule has 4 heteroatoms. The summed E-state index contributed by atoms with van der Waals surface area (Å²) in [4.78, 5) is 15.1. The van der Waals surface area contributed by atoms with Crippen molar-refractivity contribution in [3.8, 4) is 0 Å². The van der Waals surface area contributed by atoms with Gasteiger partial charge in [0.2, 0.25) is 0 Å². The van der Waals surface area contributed by atoms with Crippen LogP contribution in [0.15, 0.2) is 30.5 Å². The number of hydrogen-bond acceptors (Lipinski definition) is 2. The Morgan fingerprint density at radius 3 is 2.89 bits per heavy atom. The Balaban J connectivity index is 2.13. The summed E-state index contributed by atoms with van der Waals surface area (Å²) < 4.78 is 0. The van der Waals surface area contributed by atoms with Crippen LogP contribution in [0.3, 0.4) is 0 Å². The molecule has 4 nitrogen and oxygen atoms in total. The van der Waals surface area contributed by atoms with E-state index in [4.69, 9.17) is 5.11 Å². The molecule has 0 fully saturated rings.